The second-order valence-electron chi connectivity index (χ2n) is 10.1. The number of benzene rings is 4. The Labute approximate surface area is 250 Å². The Balaban J connectivity index is 1.36. The first kappa shape index (κ1) is 28.5. The number of aryl methyl sites for hydroxylation is 2. The highest BCUT2D eigenvalue weighted by atomic mass is 19.4. The minimum atomic E-state index is -4.74. The minimum Gasteiger partial charge on any atom is -0.457 e. The fourth-order valence-corrected chi connectivity index (χ4v) is 4.60. The molecule has 10 heteroatoms. The highest BCUT2D eigenvalue weighted by Crippen LogP contribution is 2.35. The van der Waals surface area contributed by atoms with E-state index >= 15 is 0 Å². The second-order valence-corrected chi connectivity index (χ2v) is 10.1. The molecule has 6 aromatic rings. The highest BCUT2D eigenvalue weighted by Gasteiger charge is 2.35. The lowest BCUT2D eigenvalue weighted by Crippen LogP contribution is -2.15. The Hall–Kier alpha value is -5.64. The Morgan fingerprint density at radius 1 is 0.750 bits per heavy atom. The highest BCUT2D eigenvalue weighted by molar-refractivity contribution is 6.03. The molecule has 1 amide bonds. The number of ether oxygens (including phenoxy) is 2. The van der Waals surface area contributed by atoms with E-state index in [0.29, 0.717) is 33.1 Å². The van der Waals surface area contributed by atoms with Crippen LogP contribution in [-0.4, -0.2) is 20.5 Å². The van der Waals surface area contributed by atoms with E-state index < -0.39 is 17.8 Å². The maximum Gasteiger partial charge on any atom is 0.433 e. The molecule has 6 rings (SSSR count). The van der Waals surface area contributed by atoms with Crippen LogP contribution in [0.2, 0.25) is 0 Å². The molecule has 4 aromatic carbocycles. The number of para-hydroxylation sites is 2. The average Bonchev–Trinajstić information content (AvgIpc) is 3.43. The van der Waals surface area contributed by atoms with Crippen LogP contribution in [0.5, 0.6) is 23.0 Å². The van der Waals surface area contributed by atoms with Crippen molar-refractivity contribution in [3.63, 3.8) is 0 Å². The lowest BCUT2D eigenvalue weighted by atomic mass is 10.1. The molecule has 44 heavy (non-hydrogen) atoms. The molecule has 0 spiro atoms. The summed E-state index contributed by atoms with van der Waals surface area (Å²) in [6, 6.07) is 30.4. The molecular weight excluding hydrogens is 569 g/mol. The molecule has 7 nitrogen and oxygen atoms in total. The molecule has 0 aliphatic heterocycles. The smallest absolute Gasteiger partial charge is 0.433 e. The summed E-state index contributed by atoms with van der Waals surface area (Å²) in [6.45, 7) is 3.81. The van der Waals surface area contributed by atoms with Gasteiger partial charge in [0.05, 0.1) is 5.69 Å². The van der Waals surface area contributed by atoms with E-state index in [4.69, 9.17) is 9.47 Å². The van der Waals surface area contributed by atoms with Crippen LogP contribution in [0.1, 0.15) is 27.3 Å². The number of halogens is 3. The average molecular weight is 595 g/mol. The van der Waals surface area contributed by atoms with E-state index in [1.807, 2.05) is 62.4 Å². The molecule has 0 saturated heterocycles. The first-order valence-electron chi connectivity index (χ1n) is 13.6. The quantitative estimate of drug-likeness (QED) is 0.200. The van der Waals surface area contributed by atoms with E-state index in [1.54, 1.807) is 48.5 Å². The molecule has 0 bridgehead atoms. The number of rotatable bonds is 7. The number of carbonyl (C=O) groups is 1. The SMILES string of the molecule is Cc1ccccc1Oc1cc(NC(=O)c2cc3nc(-c4ccccc4)cc(C(F)(F)F)n3n2)cc(Oc2ccccc2C)c1. The van der Waals surface area contributed by atoms with E-state index in [1.165, 1.54) is 6.07 Å². The predicted octanol–water partition coefficient (Wildman–Crippen LogP) is 8.87. The van der Waals surface area contributed by atoms with E-state index in [-0.39, 0.29) is 22.7 Å². The van der Waals surface area contributed by atoms with E-state index in [2.05, 4.69) is 15.4 Å². The Bertz CT molecular complexity index is 1920. The number of fused-ring (bicyclic) bond motifs is 1. The fourth-order valence-electron chi connectivity index (χ4n) is 4.60. The summed E-state index contributed by atoms with van der Waals surface area (Å²) in [5.74, 6) is 1.24. The van der Waals surface area contributed by atoms with Gasteiger partial charge in [0.15, 0.2) is 17.0 Å². The minimum absolute atomic E-state index is 0.108. The molecule has 2 heterocycles. The summed E-state index contributed by atoms with van der Waals surface area (Å²) < 4.78 is 55.0. The molecule has 0 aliphatic rings. The lowest BCUT2D eigenvalue weighted by Gasteiger charge is -2.14. The van der Waals surface area contributed by atoms with Gasteiger partial charge in [0.2, 0.25) is 0 Å². The van der Waals surface area contributed by atoms with Crippen LogP contribution in [0, 0.1) is 13.8 Å². The van der Waals surface area contributed by atoms with Gasteiger partial charge in [-0.15, -0.1) is 0 Å². The Morgan fingerprint density at radius 3 is 1.89 bits per heavy atom. The van der Waals surface area contributed by atoms with Crippen molar-refractivity contribution in [2.24, 2.45) is 0 Å². The van der Waals surface area contributed by atoms with Crippen molar-refractivity contribution in [1.82, 2.24) is 14.6 Å². The first-order chi connectivity index (χ1) is 21.1. The van der Waals surface area contributed by atoms with E-state index in [0.717, 1.165) is 17.2 Å². The second kappa shape index (κ2) is 11.6. The molecule has 0 saturated carbocycles. The maximum atomic E-state index is 14.1. The molecule has 0 aliphatic carbocycles. The zero-order valence-corrected chi connectivity index (χ0v) is 23.6. The molecule has 220 valence electrons. The number of aromatic nitrogens is 3. The van der Waals surface area contributed by atoms with Crippen LogP contribution in [0.25, 0.3) is 16.9 Å². The van der Waals surface area contributed by atoms with Gasteiger partial charge in [-0.25, -0.2) is 9.50 Å². The summed E-state index contributed by atoms with van der Waals surface area (Å²) in [5.41, 5.74) is 1.27. The molecule has 0 radical (unpaired) electrons. The van der Waals surface area contributed by atoms with Gasteiger partial charge >= 0.3 is 6.18 Å². The number of amides is 1. The van der Waals surface area contributed by atoms with Crippen LogP contribution in [0.15, 0.2) is 109 Å². The van der Waals surface area contributed by atoms with Gasteiger partial charge < -0.3 is 14.8 Å². The molecule has 0 unspecified atom stereocenters. The molecular formula is C34H25F3N4O3. The van der Waals surface area contributed by atoms with Crippen LogP contribution in [-0.2, 0) is 6.18 Å². The number of carbonyl (C=O) groups excluding carboxylic acids is 1. The van der Waals surface area contributed by atoms with Gasteiger partial charge in [-0.1, -0.05) is 66.7 Å². The third kappa shape index (κ3) is 6.10. The molecule has 0 fully saturated rings. The number of nitrogens with zero attached hydrogens (tertiary/aromatic N) is 3. The first-order valence-corrected chi connectivity index (χ1v) is 13.6. The lowest BCUT2D eigenvalue weighted by molar-refractivity contribution is -0.142. The van der Waals surface area contributed by atoms with Gasteiger partial charge in [0, 0.05) is 35.5 Å². The van der Waals surface area contributed by atoms with Crippen molar-refractivity contribution in [3.05, 3.63) is 132 Å². The predicted molar refractivity (Wildman–Crippen MR) is 160 cm³/mol. The van der Waals surface area contributed by atoms with Crippen LogP contribution >= 0.6 is 0 Å². The third-order valence-electron chi connectivity index (χ3n) is 6.80. The maximum absolute atomic E-state index is 14.1. The summed E-state index contributed by atoms with van der Waals surface area (Å²) in [6.07, 6.45) is -4.74. The van der Waals surface area contributed by atoms with Gasteiger partial charge in [0.1, 0.15) is 23.0 Å². The number of hydrogen-bond acceptors (Lipinski definition) is 5. The summed E-state index contributed by atoms with van der Waals surface area (Å²) in [7, 11) is 0. The normalized spacial score (nSPS) is 11.4. The zero-order valence-electron chi connectivity index (χ0n) is 23.6. The Kier molecular flexibility index (Phi) is 7.48. The van der Waals surface area contributed by atoms with Gasteiger partial charge in [-0.05, 0) is 43.2 Å². The summed E-state index contributed by atoms with van der Waals surface area (Å²) in [5, 5.41) is 6.69. The zero-order chi connectivity index (χ0) is 30.8. The van der Waals surface area contributed by atoms with Crippen molar-refractivity contribution in [2.75, 3.05) is 5.32 Å². The number of alkyl halides is 3. The summed E-state index contributed by atoms with van der Waals surface area (Å²) >= 11 is 0. The number of hydrogen-bond donors (Lipinski definition) is 1. The van der Waals surface area contributed by atoms with Gasteiger partial charge in [-0.2, -0.15) is 18.3 Å². The fraction of sp³-hybridized carbons (Fsp3) is 0.0882. The third-order valence-corrected chi connectivity index (χ3v) is 6.80. The standard InChI is InChI=1S/C34H25F3N4O3/c1-21-10-6-8-14-29(21)43-25-16-24(17-26(18-25)44-30-15-9-7-11-22(30)2)38-33(42)28-20-32-39-27(23-12-4-3-5-13-23)19-31(34(35,36)37)41(32)40-28/h3-20H,1-2H3,(H,38,42). The Morgan fingerprint density at radius 2 is 1.32 bits per heavy atom. The molecule has 2 aromatic heterocycles. The van der Waals surface area contributed by atoms with Crippen molar-refractivity contribution in [2.45, 2.75) is 20.0 Å². The van der Waals surface area contributed by atoms with Crippen LogP contribution < -0.4 is 14.8 Å². The topological polar surface area (TPSA) is 77.8 Å². The molecule has 1 N–H and O–H groups in total. The van der Waals surface area contributed by atoms with Gasteiger partial charge in [0.25, 0.3) is 5.91 Å². The van der Waals surface area contributed by atoms with Crippen LogP contribution in [0.3, 0.4) is 0 Å². The molecule has 0 atom stereocenters. The van der Waals surface area contributed by atoms with Gasteiger partial charge in [-0.3, -0.25) is 4.79 Å². The van der Waals surface area contributed by atoms with Crippen molar-refractivity contribution < 1.29 is 27.4 Å². The monoisotopic (exact) mass is 594 g/mol. The van der Waals surface area contributed by atoms with Crippen molar-refractivity contribution >= 4 is 17.2 Å². The largest absolute Gasteiger partial charge is 0.457 e. The number of anilines is 1. The van der Waals surface area contributed by atoms with Crippen molar-refractivity contribution in [3.8, 4) is 34.3 Å². The van der Waals surface area contributed by atoms with Crippen molar-refractivity contribution in [1.29, 1.82) is 0 Å². The van der Waals surface area contributed by atoms with Crippen LogP contribution in [0.4, 0.5) is 18.9 Å². The van der Waals surface area contributed by atoms with E-state index in [9.17, 15) is 18.0 Å². The number of nitrogens with one attached hydrogen (secondary N) is 1. The summed E-state index contributed by atoms with van der Waals surface area (Å²) in [4.78, 5) is 17.7.